The number of amides is 1. The lowest BCUT2D eigenvalue weighted by molar-refractivity contribution is -0.115. The first-order valence-corrected chi connectivity index (χ1v) is 11.3. The number of carbonyl (C=O) groups excluding carboxylic acids is 1. The Kier molecular flexibility index (Phi) is 5.13. The maximum absolute atomic E-state index is 13.2. The van der Waals surface area contributed by atoms with Gasteiger partial charge in [0.25, 0.3) is 0 Å². The molecule has 0 aliphatic carbocycles. The molecule has 3 aromatic heterocycles. The molecule has 0 aliphatic heterocycles. The summed E-state index contributed by atoms with van der Waals surface area (Å²) in [6, 6.07) is 11.9. The van der Waals surface area contributed by atoms with Gasteiger partial charge < -0.3 is 10.1 Å². The number of hydrogen-bond acceptors (Lipinski definition) is 6. The van der Waals surface area contributed by atoms with Crippen molar-refractivity contribution in [2.75, 3.05) is 11.9 Å². The van der Waals surface area contributed by atoms with E-state index in [1.807, 2.05) is 41.1 Å². The number of ether oxygens (including phenoxy) is 1. The molecule has 9 heteroatoms. The van der Waals surface area contributed by atoms with Gasteiger partial charge in [-0.3, -0.25) is 9.20 Å². The number of nitrogens with zero attached hydrogens (tertiary/aromatic N) is 3. The minimum absolute atomic E-state index is 0.152. The number of imidazole rings is 1. The zero-order valence-electron chi connectivity index (χ0n) is 16.5. The number of nitrogens with one attached hydrogen (secondary N) is 1. The predicted molar refractivity (Wildman–Crippen MR) is 122 cm³/mol. The maximum Gasteiger partial charge on any atom is 0.232 e. The van der Waals surface area contributed by atoms with E-state index in [-0.39, 0.29) is 18.1 Å². The monoisotopic (exact) mass is 452 g/mol. The van der Waals surface area contributed by atoms with Crippen LogP contribution in [0.3, 0.4) is 0 Å². The molecule has 156 valence electrons. The molecule has 5 rings (SSSR count). The first-order valence-electron chi connectivity index (χ1n) is 9.63. The summed E-state index contributed by atoms with van der Waals surface area (Å²) >= 11 is 2.88. The first-order chi connectivity index (χ1) is 15.1. The third-order valence-corrected chi connectivity index (χ3v) is 6.50. The third-order valence-electron chi connectivity index (χ3n) is 4.68. The molecule has 0 saturated carbocycles. The van der Waals surface area contributed by atoms with Crippen molar-refractivity contribution in [3.8, 4) is 17.0 Å². The van der Waals surface area contributed by atoms with E-state index in [4.69, 9.17) is 4.74 Å². The van der Waals surface area contributed by atoms with Crippen molar-refractivity contribution < 1.29 is 13.9 Å². The molecule has 1 amide bonds. The molecule has 5 aromatic rings. The minimum atomic E-state index is -0.286. The maximum atomic E-state index is 13.2. The zero-order chi connectivity index (χ0) is 21.4. The Hall–Kier alpha value is -3.30. The standard InChI is InChI=1S/C22H17FN4O2S2/c1-2-29-16-7-8-17-19(10-16)31-21(24-17)26-20(28)9-15-12-30-22-25-18(11-27(15)22)13-3-5-14(23)6-4-13/h3-8,10-12H,2,9H2,1H3,(H,24,26,28). The second-order valence-corrected chi connectivity index (χ2v) is 8.69. The van der Waals surface area contributed by atoms with Crippen LogP contribution in [0.2, 0.25) is 0 Å². The van der Waals surface area contributed by atoms with E-state index in [1.165, 1.54) is 34.8 Å². The van der Waals surface area contributed by atoms with Gasteiger partial charge in [-0.1, -0.05) is 11.3 Å². The molecule has 3 heterocycles. The highest BCUT2D eigenvalue weighted by atomic mass is 32.1. The summed E-state index contributed by atoms with van der Waals surface area (Å²) in [5.41, 5.74) is 3.22. The molecule has 0 radical (unpaired) electrons. The summed E-state index contributed by atoms with van der Waals surface area (Å²) in [5.74, 6) is 0.348. The molecule has 1 N–H and O–H groups in total. The van der Waals surface area contributed by atoms with E-state index < -0.39 is 0 Å². The van der Waals surface area contributed by atoms with E-state index >= 15 is 0 Å². The van der Waals surface area contributed by atoms with Crippen LogP contribution in [0, 0.1) is 5.82 Å². The van der Waals surface area contributed by atoms with Crippen molar-refractivity contribution in [3.05, 3.63) is 65.6 Å². The Bertz CT molecular complexity index is 1390. The zero-order valence-corrected chi connectivity index (χ0v) is 18.1. The number of carbonyl (C=O) groups is 1. The number of rotatable bonds is 6. The van der Waals surface area contributed by atoms with Crippen LogP contribution < -0.4 is 10.1 Å². The summed E-state index contributed by atoms with van der Waals surface area (Å²) in [4.78, 5) is 22.5. The normalized spacial score (nSPS) is 11.3. The summed E-state index contributed by atoms with van der Waals surface area (Å²) in [5, 5.41) is 5.36. The van der Waals surface area contributed by atoms with Crippen LogP contribution in [0.1, 0.15) is 12.6 Å². The van der Waals surface area contributed by atoms with Crippen LogP contribution in [-0.4, -0.2) is 26.9 Å². The van der Waals surface area contributed by atoms with Gasteiger partial charge in [0.2, 0.25) is 5.91 Å². The second kappa shape index (κ2) is 8.09. The van der Waals surface area contributed by atoms with Gasteiger partial charge in [0.1, 0.15) is 11.6 Å². The average Bonchev–Trinajstić information content (AvgIpc) is 3.43. The number of benzene rings is 2. The highest BCUT2D eigenvalue weighted by Gasteiger charge is 2.14. The van der Waals surface area contributed by atoms with E-state index in [1.54, 1.807) is 12.1 Å². The molecule has 0 spiro atoms. The van der Waals surface area contributed by atoms with Crippen molar-refractivity contribution in [1.29, 1.82) is 0 Å². The van der Waals surface area contributed by atoms with Crippen LogP contribution in [-0.2, 0) is 11.2 Å². The first kappa shape index (κ1) is 19.7. The Balaban J connectivity index is 1.33. The molecule has 0 atom stereocenters. The van der Waals surface area contributed by atoms with Crippen LogP contribution >= 0.6 is 22.7 Å². The number of anilines is 1. The molecular weight excluding hydrogens is 435 g/mol. The van der Waals surface area contributed by atoms with Gasteiger partial charge in [-0.15, -0.1) is 11.3 Å². The molecule has 0 bridgehead atoms. The second-order valence-electron chi connectivity index (χ2n) is 6.82. The predicted octanol–water partition coefficient (Wildman–Crippen LogP) is 5.39. The number of aromatic nitrogens is 3. The highest BCUT2D eigenvalue weighted by Crippen LogP contribution is 2.30. The number of hydrogen-bond donors (Lipinski definition) is 1. The van der Waals surface area contributed by atoms with E-state index in [0.717, 1.165) is 37.9 Å². The Morgan fingerprint density at radius 1 is 1.19 bits per heavy atom. The average molecular weight is 453 g/mol. The largest absolute Gasteiger partial charge is 0.494 e. The quantitative estimate of drug-likeness (QED) is 0.375. The summed E-state index contributed by atoms with van der Waals surface area (Å²) < 4.78 is 21.6. The number of thiazole rings is 2. The van der Waals surface area contributed by atoms with E-state index in [0.29, 0.717) is 11.7 Å². The van der Waals surface area contributed by atoms with Crippen molar-refractivity contribution in [3.63, 3.8) is 0 Å². The molecule has 6 nitrogen and oxygen atoms in total. The summed E-state index contributed by atoms with van der Waals surface area (Å²) in [6.45, 7) is 2.53. The van der Waals surface area contributed by atoms with Crippen LogP contribution in [0.4, 0.5) is 9.52 Å². The summed E-state index contributed by atoms with van der Waals surface area (Å²) in [7, 11) is 0. The SMILES string of the molecule is CCOc1ccc2nc(NC(=O)Cc3csc4nc(-c5ccc(F)cc5)cn34)sc2c1. The van der Waals surface area contributed by atoms with Crippen molar-refractivity contribution in [2.45, 2.75) is 13.3 Å². The fourth-order valence-electron chi connectivity index (χ4n) is 3.26. The molecular formula is C22H17FN4O2S2. The van der Waals surface area contributed by atoms with Gasteiger partial charge in [0.05, 0.1) is 28.9 Å². The smallest absolute Gasteiger partial charge is 0.232 e. The lowest BCUT2D eigenvalue weighted by Gasteiger charge is -2.01. The topological polar surface area (TPSA) is 68.5 Å². The molecule has 31 heavy (non-hydrogen) atoms. The fourth-order valence-corrected chi connectivity index (χ4v) is 5.04. The van der Waals surface area contributed by atoms with Gasteiger partial charge >= 0.3 is 0 Å². The van der Waals surface area contributed by atoms with Crippen LogP contribution in [0.15, 0.2) is 54.0 Å². The van der Waals surface area contributed by atoms with Crippen LogP contribution in [0.25, 0.3) is 26.4 Å². The lowest BCUT2D eigenvalue weighted by Crippen LogP contribution is -2.15. The minimum Gasteiger partial charge on any atom is -0.494 e. The van der Waals surface area contributed by atoms with Gasteiger partial charge in [0, 0.05) is 22.8 Å². The highest BCUT2D eigenvalue weighted by molar-refractivity contribution is 7.22. The Labute approximate surface area is 185 Å². The lowest BCUT2D eigenvalue weighted by atomic mass is 10.2. The van der Waals surface area contributed by atoms with Crippen molar-refractivity contribution in [1.82, 2.24) is 14.4 Å². The fraction of sp³-hybridized carbons (Fsp3) is 0.136. The van der Waals surface area contributed by atoms with E-state index in [9.17, 15) is 9.18 Å². The molecule has 0 fully saturated rings. The van der Waals surface area contributed by atoms with Crippen LogP contribution in [0.5, 0.6) is 5.75 Å². The number of halogens is 1. The molecule has 0 aliphatic rings. The molecule has 0 unspecified atom stereocenters. The van der Waals surface area contributed by atoms with Gasteiger partial charge in [-0.25, -0.2) is 14.4 Å². The Morgan fingerprint density at radius 3 is 2.84 bits per heavy atom. The Morgan fingerprint density at radius 2 is 2.03 bits per heavy atom. The molecule has 2 aromatic carbocycles. The van der Waals surface area contributed by atoms with Crippen molar-refractivity contribution in [2.24, 2.45) is 0 Å². The van der Waals surface area contributed by atoms with Crippen molar-refractivity contribution >= 4 is 48.9 Å². The van der Waals surface area contributed by atoms with Gasteiger partial charge in [0.15, 0.2) is 10.1 Å². The van der Waals surface area contributed by atoms with Gasteiger partial charge in [-0.2, -0.15) is 0 Å². The third kappa shape index (κ3) is 4.01. The van der Waals surface area contributed by atoms with Gasteiger partial charge in [-0.05, 0) is 49.4 Å². The summed E-state index contributed by atoms with van der Waals surface area (Å²) in [6.07, 6.45) is 2.06. The number of fused-ring (bicyclic) bond motifs is 2. The molecule has 0 saturated heterocycles. The van der Waals surface area contributed by atoms with E-state index in [2.05, 4.69) is 15.3 Å².